The molecule has 132 valence electrons. The van der Waals surface area contributed by atoms with E-state index in [0.717, 1.165) is 37.6 Å². The molecule has 25 heavy (non-hydrogen) atoms. The van der Waals surface area contributed by atoms with Crippen LogP contribution in [0, 0.1) is 0 Å². The van der Waals surface area contributed by atoms with Crippen LogP contribution in [0.1, 0.15) is 43.4 Å². The Hall–Kier alpha value is -2.43. The highest BCUT2D eigenvalue weighted by Gasteiger charge is 2.13. The fraction of sp³-hybridized carbons (Fsp3) is 0.450. The number of carbonyl (C=O) groups is 1. The predicted molar refractivity (Wildman–Crippen MR) is 99.3 cm³/mol. The Kier molecular flexibility index (Phi) is 6.37. The van der Waals surface area contributed by atoms with Crippen molar-refractivity contribution in [3.05, 3.63) is 53.9 Å². The molecule has 2 aromatic rings. The number of hydrogen-bond donors (Lipinski definition) is 1. The second-order valence-electron chi connectivity index (χ2n) is 6.51. The van der Waals surface area contributed by atoms with Crippen molar-refractivity contribution in [2.75, 3.05) is 18.0 Å². The highest BCUT2D eigenvalue weighted by Crippen LogP contribution is 2.15. The predicted octanol–water partition coefficient (Wildman–Crippen LogP) is 3.11. The zero-order valence-electron chi connectivity index (χ0n) is 14.7. The minimum absolute atomic E-state index is 0.0778. The highest BCUT2D eigenvalue weighted by atomic mass is 16.1. The van der Waals surface area contributed by atoms with E-state index in [4.69, 9.17) is 0 Å². The summed E-state index contributed by atoms with van der Waals surface area (Å²) in [6.45, 7) is 2.51. The lowest BCUT2D eigenvalue weighted by Gasteiger charge is -2.26. The molecule has 0 unspecified atom stereocenters. The third kappa shape index (κ3) is 5.55. The highest BCUT2D eigenvalue weighted by molar-refractivity contribution is 5.75. The minimum atomic E-state index is 0.0778. The van der Waals surface area contributed by atoms with Gasteiger partial charge in [-0.1, -0.05) is 30.3 Å². The summed E-state index contributed by atoms with van der Waals surface area (Å²) in [4.78, 5) is 23.2. The summed E-state index contributed by atoms with van der Waals surface area (Å²) >= 11 is 0. The molecular formula is C20H26N4O. The molecule has 1 fully saturated rings. The molecule has 0 saturated carbocycles. The van der Waals surface area contributed by atoms with Gasteiger partial charge in [-0.25, -0.2) is 9.97 Å². The van der Waals surface area contributed by atoms with Crippen LogP contribution in [0.25, 0.3) is 0 Å². The SMILES string of the molecule is O=C(CCCc1ccccc1)NCc1ccnc(N2CCCCC2)n1. The van der Waals surface area contributed by atoms with Crippen LogP contribution < -0.4 is 10.2 Å². The van der Waals surface area contributed by atoms with Crippen molar-refractivity contribution in [3.8, 4) is 0 Å². The molecule has 0 radical (unpaired) electrons. The number of aromatic nitrogens is 2. The first kappa shape index (κ1) is 17.4. The molecule has 1 saturated heterocycles. The molecule has 0 aliphatic carbocycles. The van der Waals surface area contributed by atoms with Gasteiger partial charge in [-0.15, -0.1) is 0 Å². The lowest BCUT2D eigenvalue weighted by molar-refractivity contribution is -0.121. The van der Waals surface area contributed by atoms with Gasteiger partial charge >= 0.3 is 0 Å². The smallest absolute Gasteiger partial charge is 0.225 e. The van der Waals surface area contributed by atoms with Gasteiger partial charge in [0.05, 0.1) is 12.2 Å². The molecule has 5 heteroatoms. The maximum Gasteiger partial charge on any atom is 0.225 e. The van der Waals surface area contributed by atoms with Crippen molar-refractivity contribution in [1.82, 2.24) is 15.3 Å². The number of nitrogens with one attached hydrogen (secondary N) is 1. The number of piperidine rings is 1. The molecule has 1 aliphatic heterocycles. The first-order valence-electron chi connectivity index (χ1n) is 9.19. The summed E-state index contributed by atoms with van der Waals surface area (Å²) in [5.74, 6) is 0.865. The van der Waals surface area contributed by atoms with Crippen LogP contribution in [0.3, 0.4) is 0 Å². The maximum atomic E-state index is 12.0. The van der Waals surface area contributed by atoms with Crippen molar-refractivity contribution in [2.45, 2.75) is 45.1 Å². The van der Waals surface area contributed by atoms with E-state index in [1.807, 2.05) is 24.3 Å². The van der Waals surface area contributed by atoms with E-state index >= 15 is 0 Å². The summed E-state index contributed by atoms with van der Waals surface area (Å²) in [7, 11) is 0. The minimum Gasteiger partial charge on any atom is -0.350 e. The molecule has 1 aromatic heterocycles. The molecule has 3 rings (SSSR count). The molecule has 5 nitrogen and oxygen atoms in total. The van der Waals surface area contributed by atoms with E-state index in [9.17, 15) is 4.79 Å². The van der Waals surface area contributed by atoms with Crippen molar-refractivity contribution in [1.29, 1.82) is 0 Å². The van der Waals surface area contributed by atoms with Crippen molar-refractivity contribution in [3.63, 3.8) is 0 Å². The fourth-order valence-electron chi connectivity index (χ4n) is 3.10. The van der Waals surface area contributed by atoms with Gasteiger partial charge in [0, 0.05) is 25.7 Å². The normalized spacial score (nSPS) is 14.3. The molecule has 0 bridgehead atoms. The van der Waals surface area contributed by atoms with Crippen LogP contribution >= 0.6 is 0 Å². The number of amides is 1. The first-order valence-corrected chi connectivity index (χ1v) is 9.19. The molecule has 2 heterocycles. The summed E-state index contributed by atoms with van der Waals surface area (Å²) in [5.41, 5.74) is 2.14. The molecule has 1 aromatic carbocycles. The van der Waals surface area contributed by atoms with E-state index in [2.05, 4.69) is 32.3 Å². The number of aryl methyl sites for hydroxylation is 1. The fourth-order valence-corrected chi connectivity index (χ4v) is 3.10. The van der Waals surface area contributed by atoms with Crippen LogP contribution in [0.15, 0.2) is 42.6 Å². The van der Waals surface area contributed by atoms with Gasteiger partial charge in [-0.05, 0) is 43.7 Å². The van der Waals surface area contributed by atoms with Gasteiger partial charge in [0.25, 0.3) is 0 Å². The number of benzene rings is 1. The molecule has 0 atom stereocenters. The average molecular weight is 338 g/mol. The van der Waals surface area contributed by atoms with Crippen LogP contribution in [0.4, 0.5) is 5.95 Å². The molecule has 0 spiro atoms. The van der Waals surface area contributed by atoms with Gasteiger partial charge in [0.15, 0.2) is 0 Å². The van der Waals surface area contributed by atoms with Gasteiger partial charge < -0.3 is 10.2 Å². The van der Waals surface area contributed by atoms with E-state index in [1.165, 1.54) is 24.8 Å². The number of carbonyl (C=O) groups excluding carboxylic acids is 1. The molecule has 1 aliphatic rings. The Balaban J connectivity index is 1.42. The second kappa shape index (κ2) is 9.16. The number of anilines is 1. The lowest BCUT2D eigenvalue weighted by atomic mass is 10.1. The zero-order valence-corrected chi connectivity index (χ0v) is 14.7. The quantitative estimate of drug-likeness (QED) is 0.843. The summed E-state index contributed by atoms with van der Waals surface area (Å²) in [6, 6.07) is 12.1. The number of hydrogen-bond acceptors (Lipinski definition) is 4. The summed E-state index contributed by atoms with van der Waals surface area (Å²) in [5, 5.41) is 2.97. The standard InChI is InChI=1S/C20H26N4O/c25-19(11-7-10-17-8-3-1-4-9-17)22-16-18-12-13-21-20(23-18)24-14-5-2-6-15-24/h1,3-4,8-9,12-13H,2,5-7,10-11,14-16H2,(H,22,25). The van der Waals surface area contributed by atoms with Crippen molar-refractivity contribution in [2.24, 2.45) is 0 Å². The van der Waals surface area contributed by atoms with E-state index < -0.39 is 0 Å². The molecular weight excluding hydrogens is 312 g/mol. The van der Waals surface area contributed by atoms with Crippen molar-refractivity contribution >= 4 is 11.9 Å². The van der Waals surface area contributed by atoms with Gasteiger partial charge in [-0.2, -0.15) is 0 Å². The molecule has 1 N–H and O–H groups in total. The maximum absolute atomic E-state index is 12.0. The first-order chi connectivity index (χ1) is 12.3. The molecule has 1 amide bonds. The number of nitrogens with zero attached hydrogens (tertiary/aromatic N) is 3. The largest absolute Gasteiger partial charge is 0.350 e. The average Bonchev–Trinajstić information content (AvgIpc) is 2.68. The van der Waals surface area contributed by atoms with Crippen LogP contribution in [0.2, 0.25) is 0 Å². The Morgan fingerprint density at radius 2 is 1.88 bits per heavy atom. The summed E-state index contributed by atoms with van der Waals surface area (Å²) < 4.78 is 0. The van der Waals surface area contributed by atoms with Crippen LogP contribution in [-0.4, -0.2) is 29.0 Å². The number of rotatable bonds is 7. The van der Waals surface area contributed by atoms with Crippen LogP contribution in [-0.2, 0) is 17.8 Å². The summed E-state index contributed by atoms with van der Waals surface area (Å²) in [6.07, 6.45) is 7.80. The lowest BCUT2D eigenvalue weighted by Crippen LogP contribution is -2.31. The third-order valence-electron chi connectivity index (χ3n) is 4.52. The van der Waals surface area contributed by atoms with Crippen LogP contribution in [0.5, 0.6) is 0 Å². The van der Waals surface area contributed by atoms with Crippen molar-refractivity contribution < 1.29 is 4.79 Å². The monoisotopic (exact) mass is 338 g/mol. The Bertz CT molecular complexity index is 668. The Morgan fingerprint density at radius 1 is 1.08 bits per heavy atom. The van der Waals surface area contributed by atoms with Gasteiger partial charge in [0.1, 0.15) is 0 Å². The van der Waals surface area contributed by atoms with E-state index in [1.54, 1.807) is 6.20 Å². The third-order valence-corrected chi connectivity index (χ3v) is 4.52. The topological polar surface area (TPSA) is 58.1 Å². The van der Waals surface area contributed by atoms with Gasteiger partial charge in [0.2, 0.25) is 11.9 Å². The zero-order chi connectivity index (χ0) is 17.3. The van der Waals surface area contributed by atoms with E-state index in [-0.39, 0.29) is 5.91 Å². The Labute approximate surface area is 149 Å². The van der Waals surface area contributed by atoms with Gasteiger partial charge in [-0.3, -0.25) is 4.79 Å². The second-order valence-corrected chi connectivity index (χ2v) is 6.51. The Morgan fingerprint density at radius 3 is 2.68 bits per heavy atom. The van der Waals surface area contributed by atoms with E-state index in [0.29, 0.717) is 13.0 Å².